The number of methoxy groups -OCH3 is 1. The molecular formula is C14H12N2O4. The number of hydrogen-bond acceptors (Lipinski definition) is 5. The Kier molecular flexibility index (Phi) is 4.28. The summed E-state index contributed by atoms with van der Waals surface area (Å²) >= 11 is 0. The molecule has 2 rings (SSSR count). The van der Waals surface area contributed by atoms with Gasteiger partial charge >= 0.3 is 5.97 Å². The first-order valence-electron chi connectivity index (χ1n) is 5.76. The van der Waals surface area contributed by atoms with Crippen molar-refractivity contribution in [3.8, 4) is 0 Å². The van der Waals surface area contributed by atoms with Gasteiger partial charge in [-0.25, -0.2) is 9.78 Å². The molecule has 1 amide bonds. The molecule has 2 aromatic heterocycles. The van der Waals surface area contributed by atoms with Crippen LogP contribution >= 0.6 is 0 Å². The van der Waals surface area contributed by atoms with Gasteiger partial charge in [-0.3, -0.25) is 4.79 Å². The Labute approximate surface area is 115 Å². The highest BCUT2D eigenvalue weighted by atomic mass is 16.5. The van der Waals surface area contributed by atoms with Gasteiger partial charge in [0.15, 0.2) is 0 Å². The number of pyridine rings is 1. The average Bonchev–Trinajstić information content (AvgIpc) is 2.98. The average molecular weight is 272 g/mol. The first-order valence-corrected chi connectivity index (χ1v) is 5.76. The van der Waals surface area contributed by atoms with Crippen LogP contribution in [0.15, 0.2) is 47.2 Å². The minimum absolute atomic E-state index is 0.316. The summed E-state index contributed by atoms with van der Waals surface area (Å²) < 4.78 is 9.60. The highest BCUT2D eigenvalue weighted by Crippen LogP contribution is 2.07. The third kappa shape index (κ3) is 3.55. The van der Waals surface area contributed by atoms with Crippen LogP contribution in [0.25, 0.3) is 6.08 Å². The van der Waals surface area contributed by atoms with Gasteiger partial charge in [-0.15, -0.1) is 0 Å². The Hall–Kier alpha value is -2.89. The predicted molar refractivity (Wildman–Crippen MR) is 71.9 cm³/mol. The van der Waals surface area contributed by atoms with Crippen molar-refractivity contribution in [1.29, 1.82) is 0 Å². The van der Waals surface area contributed by atoms with Crippen LogP contribution < -0.4 is 5.32 Å². The third-order valence-electron chi connectivity index (χ3n) is 2.38. The number of carbonyl (C=O) groups excluding carboxylic acids is 2. The maximum atomic E-state index is 11.6. The van der Waals surface area contributed by atoms with Crippen molar-refractivity contribution in [2.24, 2.45) is 0 Å². The van der Waals surface area contributed by atoms with Crippen molar-refractivity contribution in [3.05, 3.63) is 54.1 Å². The molecule has 20 heavy (non-hydrogen) atoms. The number of nitrogens with zero attached hydrogens (tertiary/aromatic N) is 1. The van der Waals surface area contributed by atoms with Gasteiger partial charge < -0.3 is 14.5 Å². The number of esters is 1. The Morgan fingerprint density at radius 2 is 2.20 bits per heavy atom. The summed E-state index contributed by atoms with van der Waals surface area (Å²) in [5, 5.41) is 2.56. The Morgan fingerprint density at radius 3 is 2.80 bits per heavy atom. The number of ether oxygens (including phenoxy) is 1. The van der Waals surface area contributed by atoms with Crippen LogP contribution in [-0.4, -0.2) is 24.0 Å². The van der Waals surface area contributed by atoms with E-state index in [1.807, 2.05) is 0 Å². The second kappa shape index (κ2) is 6.33. The lowest BCUT2D eigenvalue weighted by molar-refractivity contribution is -0.111. The standard InChI is InChI=1S/C14H12N2O4/c1-19-14(18)10-4-6-12(15-9-10)16-13(17)7-5-11-3-2-8-20-11/h2-9H,1H3,(H,15,16,17)/b7-5+. The summed E-state index contributed by atoms with van der Waals surface area (Å²) in [4.78, 5) is 26.8. The number of nitrogens with one attached hydrogen (secondary N) is 1. The maximum absolute atomic E-state index is 11.6. The van der Waals surface area contributed by atoms with Crippen LogP contribution in [0.4, 0.5) is 5.82 Å². The highest BCUT2D eigenvalue weighted by molar-refractivity contribution is 6.01. The molecule has 6 nitrogen and oxygen atoms in total. The lowest BCUT2D eigenvalue weighted by Gasteiger charge is -2.02. The molecule has 0 saturated carbocycles. The molecule has 0 aliphatic carbocycles. The summed E-state index contributed by atoms with van der Waals surface area (Å²) in [5.74, 6) is 0.0914. The molecule has 0 aliphatic heterocycles. The zero-order valence-corrected chi connectivity index (χ0v) is 10.7. The Bertz CT molecular complexity index is 615. The van der Waals surface area contributed by atoms with Crippen LogP contribution in [0.5, 0.6) is 0 Å². The van der Waals surface area contributed by atoms with Gasteiger partial charge in [-0.1, -0.05) is 0 Å². The molecule has 1 N–H and O–H groups in total. The molecule has 0 fully saturated rings. The number of hydrogen-bond donors (Lipinski definition) is 1. The van der Waals surface area contributed by atoms with Crippen molar-refractivity contribution < 1.29 is 18.7 Å². The molecule has 2 heterocycles. The fourth-order valence-corrected chi connectivity index (χ4v) is 1.42. The largest absolute Gasteiger partial charge is 0.465 e. The summed E-state index contributed by atoms with van der Waals surface area (Å²) in [6.45, 7) is 0. The molecule has 0 saturated heterocycles. The zero-order valence-electron chi connectivity index (χ0n) is 10.7. The van der Waals surface area contributed by atoms with Gasteiger partial charge in [-0.05, 0) is 30.3 Å². The van der Waals surface area contributed by atoms with Gasteiger partial charge in [0, 0.05) is 12.3 Å². The van der Waals surface area contributed by atoms with E-state index in [2.05, 4.69) is 15.0 Å². The van der Waals surface area contributed by atoms with E-state index < -0.39 is 5.97 Å². The molecule has 2 aromatic rings. The number of anilines is 1. The molecule has 0 aromatic carbocycles. The van der Waals surface area contributed by atoms with E-state index in [1.165, 1.54) is 43.9 Å². The van der Waals surface area contributed by atoms with E-state index in [0.29, 0.717) is 17.1 Å². The summed E-state index contributed by atoms with van der Waals surface area (Å²) in [6.07, 6.45) is 5.72. The molecule has 0 bridgehead atoms. The van der Waals surface area contributed by atoms with Crippen molar-refractivity contribution in [3.63, 3.8) is 0 Å². The van der Waals surface area contributed by atoms with Crippen molar-refractivity contribution in [2.75, 3.05) is 12.4 Å². The molecule has 0 atom stereocenters. The van der Waals surface area contributed by atoms with E-state index in [9.17, 15) is 9.59 Å². The second-order valence-electron chi connectivity index (χ2n) is 3.76. The monoisotopic (exact) mass is 272 g/mol. The smallest absolute Gasteiger partial charge is 0.339 e. The predicted octanol–water partition coefficient (Wildman–Crippen LogP) is 2.11. The van der Waals surface area contributed by atoms with Gasteiger partial charge in [-0.2, -0.15) is 0 Å². The third-order valence-corrected chi connectivity index (χ3v) is 2.38. The van der Waals surface area contributed by atoms with E-state index in [0.717, 1.165) is 0 Å². The van der Waals surface area contributed by atoms with Crippen molar-refractivity contribution in [2.45, 2.75) is 0 Å². The quantitative estimate of drug-likeness (QED) is 0.681. The lowest BCUT2D eigenvalue weighted by atomic mass is 10.3. The maximum Gasteiger partial charge on any atom is 0.339 e. The fraction of sp³-hybridized carbons (Fsp3) is 0.0714. The first kappa shape index (κ1) is 13.5. The minimum Gasteiger partial charge on any atom is -0.465 e. The van der Waals surface area contributed by atoms with Gasteiger partial charge in [0.2, 0.25) is 5.91 Å². The number of rotatable bonds is 4. The Balaban J connectivity index is 1.96. The van der Waals surface area contributed by atoms with Crippen LogP contribution in [0.1, 0.15) is 16.1 Å². The van der Waals surface area contributed by atoms with Gasteiger partial charge in [0.1, 0.15) is 11.6 Å². The minimum atomic E-state index is -0.479. The zero-order chi connectivity index (χ0) is 14.4. The molecule has 0 aliphatic rings. The van der Waals surface area contributed by atoms with Gasteiger partial charge in [0.05, 0.1) is 18.9 Å². The first-order chi connectivity index (χ1) is 9.69. The lowest BCUT2D eigenvalue weighted by Crippen LogP contribution is -2.10. The van der Waals surface area contributed by atoms with E-state index in [-0.39, 0.29) is 5.91 Å². The van der Waals surface area contributed by atoms with Crippen LogP contribution in [0, 0.1) is 0 Å². The summed E-state index contributed by atoms with van der Waals surface area (Å²) in [7, 11) is 1.29. The fourth-order valence-electron chi connectivity index (χ4n) is 1.42. The molecule has 0 spiro atoms. The highest BCUT2D eigenvalue weighted by Gasteiger charge is 2.06. The van der Waals surface area contributed by atoms with E-state index in [1.54, 1.807) is 12.1 Å². The second-order valence-corrected chi connectivity index (χ2v) is 3.76. The molecule has 102 valence electrons. The van der Waals surface area contributed by atoms with Crippen molar-refractivity contribution in [1.82, 2.24) is 4.98 Å². The Morgan fingerprint density at radius 1 is 1.35 bits per heavy atom. The van der Waals surface area contributed by atoms with Gasteiger partial charge in [0.25, 0.3) is 0 Å². The molecule has 6 heteroatoms. The van der Waals surface area contributed by atoms with E-state index in [4.69, 9.17) is 4.42 Å². The number of carbonyl (C=O) groups is 2. The van der Waals surface area contributed by atoms with E-state index >= 15 is 0 Å². The van der Waals surface area contributed by atoms with Crippen LogP contribution in [0.3, 0.4) is 0 Å². The number of aromatic nitrogens is 1. The van der Waals surface area contributed by atoms with Crippen LogP contribution in [0.2, 0.25) is 0 Å². The molecule has 0 radical (unpaired) electrons. The summed E-state index contributed by atoms with van der Waals surface area (Å²) in [6, 6.07) is 6.49. The topological polar surface area (TPSA) is 81.4 Å². The molecular weight excluding hydrogens is 260 g/mol. The van der Waals surface area contributed by atoms with Crippen molar-refractivity contribution >= 4 is 23.8 Å². The van der Waals surface area contributed by atoms with Crippen LogP contribution in [-0.2, 0) is 9.53 Å². The SMILES string of the molecule is COC(=O)c1ccc(NC(=O)/C=C/c2ccco2)nc1. The summed E-state index contributed by atoms with van der Waals surface area (Å²) in [5.41, 5.74) is 0.316. The molecule has 0 unspecified atom stereocenters. The number of amides is 1. The number of furan rings is 1. The normalized spacial score (nSPS) is 10.4.